The van der Waals surface area contributed by atoms with Gasteiger partial charge in [0.1, 0.15) is 12.4 Å². The van der Waals surface area contributed by atoms with Crippen molar-refractivity contribution in [2.45, 2.75) is 18.3 Å². The van der Waals surface area contributed by atoms with Crippen LogP contribution in [0.2, 0.25) is 0 Å². The number of aryl methyl sites for hydroxylation is 1. The Bertz CT molecular complexity index is 662. The van der Waals surface area contributed by atoms with Gasteiger partial charge in [-0.3, -0.25) is 0 Å². The second kappa shape index (κ2) is 5.85. The van der Waals surface area contributed by atoms with Crippen LogP contribution < -0.4 is 4.74 Å². The maximum absolute atomic E-state index is 12.0. The molecule has 0 bridgehead atoms. The van der Waals surface area contributed by atoms with Crippen molar-refractivity contribution in [1.82, 2.24) is 0 Å². The first-order chi connectivity index (χ1) is 10.7. The summed E-state index contributed by atoms with van der Waals surface area (Å²) in [5.74, 6) is 0.352. The van der Waals surface area contributed by atoms with Gasteiger partial charge >= 0.3 is 5.97 Å². The summed E-state index contributed by atoms with van der Waals surface area (Å²) in [6.07, 6.45) is 2.96. The number of rotatable bonds is 5. The molecule has 2 aromatic rings. The highest BCUT2D eigenvalue weighted by Crippen LogP contribution is 2.44. The van der Waals surface area contributed by atoms with Crippen LogP contribution in [-0.2, 0) is 16.6 Å². The molecular formula is C17H18O5. The number of methoxy groups -OCH3 is 1. The molecule has 1 aliphatic rings. The highest BCUT2D eigenvalue weighted by molar-refractivity contribution is 5.86. The van der Waals surface area contributed by atoms with E-state index in [0.29, 0.717) is 6.42 Å². The van der Waals surface area contributed by atoms with E-state index in [-0.39, 0.29) is 19.0 Å². The highest BCUT2D eigenvalue weighted by Gasteiger charge is 2.42. The zero-order valence-corrected chi connectivity index (χ0v) is 12.4. The van der Waals surface area contributed by atoms with Crippen molar-refractivity contribution >= 4 is 5.97 Å². The van der Waals surface area contributed by atoms with Crippen LogP contribution in [0.4, 0.5) is 0 Å². The van der Waals surface area contributed by atoms with E-state index in [1.165, 1.54) is 6.26 Å². The lowest BCUT2D eigenvalue weighted by molar-refractivity contribution is 0.0283. The Morgan fingerprint density at radius 2 is 2.23 bits per heavy atom. The van der Waals surface area contributed by atoms with Crippen molar-refractivity contribution in [2.75, 3.05) is 20.3 Å². The molecule has 3 rings (SSSR count). The maximum Gasteiger partial charge on any atom is 0.374 e. The van der Waals surface area contributed by atoms with Crippen LogP contribution in [-0.4, -0.2) is 31.4 Å². The summed E-state index contributed by atoms with van der Waals surface area (Å²) in [6, 6.07) is 9.00. The topological polar surface area (TPSA) is 68.9 Å². The maximum atomic E-state index is 12.0. The molecule has 1 aromatic heterocycles. The quantitative estimate of drug-likeness (QED) is 0.858. The van der Waals surface area contributed by atoms with Crippen molar-refractivity contribution in [1.29, 1.82) is 0 Å². The molecule has 0 fully saturated rings. The zero-order valence-electron chi connectivity index (χ0n) is 12.4. The van der Waals surface area contributed by atoms with Crippen LogP contribution in [0.25, 0.3) is 0 Å². The van der Waals surface area contributed by atoms with Gasteiger partial charge in [-0.1, -0.05) is 12.1 Å². The van der Waals surface area contributed by atoms with E-state index in [9.17, 15) is 9.90 Å². The average Bonchev–Trinajstić information content (AvgIpc) is 3.21. The van der Waals surface area contributed by atoms with E-state index in [0.717, 1.165) is 23.3 Å². The lowest BCUT2D eigenvalue weighted by Crippen LogP contribution is -2.35. The summed E-state index contributed by atoms with van der Waals surface area (Å²) in [7, 11) is 1.60. The van der Waals surface area contributed by atoms with E-state index in [4.69, 9.17) is 13.9 Å². The summed E-state index contributed by atoms with van der Waals surface area (Å²) in [5, 5.41) is 9.96. The minimum atomic E-state index is -0.621. The molecule has 0 spiro atoms. The van der Waals surface area contributed by atoms with Crippen LogP contribution in [0, 0.1) is 0 Å². The largest absolute Gasteiger partial charge is 0.496 e. The summed E-state index contributed by atoms with van der Waals surface area (Å²) in [6.45, 7) is -0.0117. The third kappa shape index (κ3) is 2.37. The number of furan rings is 1. The normalized spacial score (nSPS) is 19.7. The number of carbonyl (C=O) groups is 1. The van der Waals surface area contributed by atoms with Crippen LogP contribution in [0.1, 0.15) is 28.1 Å². The van der Waals surface area contributed by atoms with Gasteiger partial charge in [0.2, 0.25) is 5.76 Å². The second-order valence-corrected chi connectivity index (χ2v) is 5.49. The number of aliphatic hydroxyl groups excluding tert-OH is 1. The molecule has 1 aromatic carbocycles. The lowest BCUT2D eigenvalue weighted by Gasteiger charge is -2.28. The van der Waals surface area contributed by atoms with Crippen molar-refractivity contribution in [3.05, 3.63) is 53.5 Å². The van der Waals surface area contributed by atoms with E-state index in [1.54, 1.807) is 19.2 Å². The van der Waals surface area contributed by atoms with Crippen LogP contribution in [0.3, 0.4) is 0 Å². The van der Waals surface area contributed by atoms with Gasteiger partial charge in [0.15, 0.2) is 0 Å². The number of benzene rings is 1. The fraction of sp³-hybridized carbons (Fsp3) is 0.353. The molecule has 0 saturated heterocycles. The van der Waals surface area contributed by atoms with Gasteiger partial charge in [0.25, 0.3) is 0 Å². The lowest BCUT2D eigenvalue weighted by atomic mass is 9.83. The molecule has 5 heteroatoms. The molecule has 1 unspecified atom stereocenters. The third-order valence-electron chi connectivity index (χ3n) is 4.24. The number of carbonyl (C=O) groups excluding carboxylic acids is 1. The average molecular weight is 302 g/mol. The van der Waals surface area contributed by atoms with Gasteiger partial charge in [-0.05, 0) is 36.6 Å². The van der Waals surface area contributed by atoms with Gasteiger partial charge in [-0.15, -0.1) is 0 Å². The predicted octanol–water partition coefficient (Wildman–Crippen LogP) is 2.32. The summed E-state index contributed by atoms with van der Waals surface area (Å²) >= 11 is 0. The van der Waals surface area contributed by atoms with E-state index in [2.05, 4.69) is 0 Å². The van der Waals surface area contributed by atoms with Gasteiger partial charge in [-0.2, -0.15) is 0 Å². The molecule has 22 heavy (non-hydrogen) atoms. The minimum Gasteiger partial charge on any atom is -0.496 e. The standard InChI is InChI=1S/C17H18O5/c1-20-13-5-2-4-12-7-8-17(10-18,15(12)13)11-22-16(19)14-6-3-9-21-14/h2-6,9,18H,7-8,10-11H2,1H3. The molecule has 1 N–H and O–H groups in total. The highest BCUT2D eigenvalue weighted by atomic mass is 16.5. The zero-order chi connectivity index (χ0) is 15.6. The van der Waals surface area contributed by atoms with Gasteiger partial charge in [0.05, 0.1) is 25.4 Å². The molecule has 1 heterocycles. The van der Waals surface area contributed by atoms with E-state index < -0.39 is 11.4 Å². The summed E-state index contributed by atoms with van der Waals surface area (Å²) in [5.41, 5.74) is 1.44. The summed E-state index contributed by atoms with van der Waals surface area (Å²) in [4.78, 5) is 12.0. The number of ether oxygens (including phenoxy) is 2. The molecule has 116 valence electrons. The van der Waals surface area contributed by atoms with E-state index in [1.807, 2.05) is 18.2 Å². The Kier molecular flexibility index (Phi) is 3.90. The number of hydrogen-bond donors (Lipinski definition) is 1. The van der Waals surface area contributed by atoms with Crippen LogP contribution in [0.5, 0.6) is 5.75 Å². The minimum absolute atomic E-state index is 0.0937. The molecule has 5 nitrogen and oxygen atoms in total. The number of aliphatic hydroxyl groups is 1. The Hall–Kier alpha value is -2.27. The summed E-state index contributed by atoms with van der Waals surface area (Å²) < 4.78 is 15.8. The SMILES string of the molecule is COc1cccc2c1C(CO)(COC(=O)c1ccco1)CC2. The Morgan fingerprint density at radius 1 is 1.36 bits per heavy atom. The first-order valence-corrected chi connectivity index (χ1v) is 7.18. The molecular weight excluding hydrogens is 284 g/mol. The van der Waals surface area contributed by atoms with Gasteiger partial charge in [-0.25, -0.2) is 4.79 Å². The van der Waals surface area contributed by atoms with E-state index >= 15 is 0 Å². The molecule has 0 amide bonds. The predicted molar refractivity (Wildman–Crippen MR) is 79.1 cm³/mol. The molecule has 0 saturated carbocycles. The van der Waals surface area contributed by atoms with Crippen molar-refractivity contribution in [3.8, 4) is 5.75 Å². The molecule has 1 atom stereocenters. The number of fused-ring (bicyclic) bond motifs is 1. The first kappa shape index (κ1) is 14.7. The Labute approximate surface area is 128 Å². The van der Waals surface area contributed by atoms with Crippen molar-refractivity contribution < 1.29 is 23.8 Å². The second-order valence-electron chi connectivity index (χ2n) is 5.49. The molecule has 0 radical (unpaired) electrons. The molecule has 1 aliphatic carbocycles. The van der Waals surface area contributed by atoms with Gasteiger partial charge < -0.3 is 19.0 Å². The third-order valence-corrected chi connectivity index (χ3v) is 4.24. The number of hydrogen-bond acceptors (Lipinski definition) is 5. The fourth-order valence-electron chi connectivity index (χ4n) is 3.07. The number of esters is 1. The van der Waals surface area contributed by atoms with Crippen molar-refractivity contribution in [2.24, 2.45) is 0 Å². The molecule has 0 aliphatic heterocycles. The van der Waals surface area contributed by atoms with Gasteiger partial charge in [0, 0.05) is 5.56 Å². The Morgan fingerprint density at radius 3 is 2.91 bits per heavy atom. The van der Waals surface area contributed by atoms with Crippen molar-refractivity contribution in [3.63, 3.8) is 0 Å². The monoisotopic (exact) mass is 302 g/mol. The Balaban J connectivity index is 1.85. The smallest absolute Gasteiger partial charge is 0.374 e. The first-order valence-electron chi connectivity index (χ1n) is 7.18. The van der Waals surface area contributed by atoms with Crippen LogP contribution in [0.15, 0.2) is 41.0 Å². The van der Waals surface area contributed by atoms with Crippen LogP contribution >= 0.6 is 0 Å². The fourth-order valence-corrected chi connectivity index (χ4v) is 3.07.